The van der Waals surface area contributed by atoms with Crippen LogP contribution in [-0.2, 0) is 0 Å². The molecule has 0 radical (unpaired) electrons. The summed E-state index contributed by atoms with van der Waals surface area (Å²) in [5.74, 6) is 1.55. The van der Waals surface area contributed by atoms with Crippen molar-refractivity contribution in [1.29, 1.82) is 0 Å². The van der Waals surface area contributed by atoms with E-state index < -0.39 is 0 Å². The zero-order chi connectivity index (χ0) is 26.1. The van der Waals surface area contributed by atoms with Crippen LogP contribution < -0.4 is 10.3 Å². The van der Waals surface area contributed by atoms with Crippen LogP contribution in [0.5, 0.6) is 5.75 Å². The van der Waals surface area contributed by atoms with E-state index in [0.717, 1.165) is 33.8 Å². The molecule has 0 spiro atoms. The lowest BCUT2D eigenvalue weighted by Gasteiger charge is -2.17. The highest BCUT2D eigenvalue weighted by atomic mass is 16.5. The Morgan fingerprint density at radius 1 is 0.973 bits per heavy atom. The van der Waals surface area contributed by atoms with Gasteiger partial charge in [-0.15, -0.1) is 0 Å². The lowest BCUT2D eigenvalue weighted by atomic mass is 9.96. The molecule has 2 heterocycles. The molecule has 0 aliphatic carbocycles. The van der Waals surface area contributed by atoms with Crippen molar-refractivity contribution in [2.75, 3.05) is 7.11 Å². The summed E-state index contributed by atoms with van der Waals surface area (Å²) in [6, 6.07) is 23.6. The number of ether oxygens (including phenoxy) is 1. The van der Waals surface area contributed by atoms with Crippen LogP contribution >= 0.6 is 0 Å². The van der Waals surface area contributed by atoms with E-state index >= 15 is 0 Å². The zero-order valence-corrected chi connectivity index (χ0v) is 21.8. The number of para-hydroxylation sites is 1. The van der Waals surface area contributed by atoms with Gasteiger partial charge in [-0.2, -0.15) is 9.78 Å². The molecule has 0 unspecified atom stereocenters. The third-order valence-corrected chi connectivity index (χ3v) is 6.56. The van der Waals surface area contributed by atoms with Gasteiger partial charge >= 0.3 is 0 Å². The van der Waals surface area contributed by atoms with E-state index in [1.807, 2.05) is 66.2 Å². The van der Waals surface area contributed by atoms with E-state index in [9.17, 15) is 4.79 Å². The van der Waals surface area contributed by atoms with Crippen LogP contribution in [0.15, 0.2) is 88.9 Å². The van der Waals surface area contributed by atoms with E-state index in [0.29, 0.717) is 16.7 Å². The lowest BCUT2D eigenvalue weighted by molar-refractivity contribution is 0.407. The van der Waals surface area contributed by atoms with Gasteiger partial charge in [0.05, 0.1) is 29.9 Å². The van der Waals surface area contributed by atoms with Crippen molar-refractivity contribution < 1.29 is 4.74 Å². The van der Waals surface area contributed by atoms with Gasteiger partial charge in [0.2, 0.25) is 0 Å². The van der Waals surface area contributed by atoms with Gasteiger partial charge in [-0.1, -0.05) is 38.1 Å². The monoisotopic (exact) mass is 490 g/mol. The maximum atomic E-state index is 13.7. The van der Waals surface area contributed by atoms with Crippen molar-refractivity contribution in [3.05, 3.63) is 112 Å². The summed E-state index contributed by atoms with van der Waals surface area (Å²) in [6.45, 7) is 8.31. The van der Waals surface area contributed by atoms with Crippen LogP contribution in [-0.4, -0.2) is 27.6 Å². The van der Waals surface area contributed by atoms with Gasteiger partial charge in [0, 0.05) is 17.4 Å². The number of benzene rings is 3. The van der Waals surface area contributed by atoms with Crippen molar-refractivity contribution in [3.63, 3.8) is 0 Å². The maximum Gasteiger partial charge on any atom is 0.282 e. The Morgan fingerprint density at radius 2 is 1.78 bits per heavy atom. The average Bonchev–Trinajstić information content (AvgIpc) is 3.36. The molecule has 0 aliphatic heterocycles. The van der Waals surface area contributed by atoms with Crippen molar-refractivity contribution in [2.24, 2.45) is 5.10 Å². The highest BCUT2D eigenvalue weighted by Crippen LogP contribution is 2.34. The Morgan fingerprint density at radius 3 is 2.54 bits per heavy atom. The fourth-order valence-electron chi connectivity index (χ4n) is 4.60. The minimum absolute atomic E-state index is 0.216. The number of nitrogens with zero attached hydrogens (tertiary/aromatic N) is 4. The van der Waals surface area contributed by atoms with Crippen LogP contribution in [0.3, 0.4) is 0 Å². The van der Waals surface area contributed by atoms with Crippen LogP contribution in [0, 0.1) is 13.8 Å². The number of fused-ring (bicyclic) bond motifs is 1. The Kier molecular flexibility index (Phi) is 6.49. The standard InChI is InChI=1S/C31H30N4O2/c1-20(2)26-18-27(22(4)17-29(26)37-5)30-33-28-14-7-6-13-25(28)31(36)35(30)32-19-24-12-9-15-34(24)23-11-8-10-21(3)16-23/h6-20H,1-5H3. The smallest absolute Gasteiger partial charge is 0.282 e. The fourth-order valence-corrected chi connectivity index (χ4v) is 4.60. The molecule has 0 saturated heterocycles. The quantitative estimate of drug-likeness (QED) is 0.256. The second kappa shape index (κ2) is 9.90. The van der Waals surface area contributed by atoms with Crippen molar-refractivity contribution in [3.8, 4) is 22.8 Å². The first-order valence-electron chi connectivity index (χ1n) is 12.4. The third kappa shape index (κ3) is 4.58. The molecule has 5 rings (SSSR count). The normalized spacial score (nSPS) is 11.6. The molecule has 6 heteroatoms. The number of rotatable bonds is 6. The molecule has 37 heavy (non-hydrogen) atoms. The molecule has 3 aromatic carbocycles. The molecule has 0 saturated carbocycles. The van der Waals surface area contributed by atoms with Crippen molar-refractivity contribution in [1.82, 2.24) is 14.2 Å². The zero-order valence-electron chi connectivity index (χ0n) is 21.8. The van der Waals surface area contributed by atoms with Gasteiger partial charge in [0.25, 0.3) is 5.56 Å². The number of hydrogen-bond donors (Lipinski definition) is 0. The minimum Gasteiger partial charge on any atom is -0.496 e. The average molecular weight is 491 g/mol. The van der Waals surface area contributed by atoms with Gasteiger partial charge in [-0.25, -0.2) is 4.98 Å². The minimum atomic E-state index is -0.216. The van der Waals surface area contributed by atoms with Crippen molar-refractivity contribution in [2.45, 2.75) is 33.6 Å². The second-order valence-electron chi connectivity index (χ2n) is 9.52. The molecular formula is C31H30N4O2. The molecular weight excluding hydrogens is 460 g/mol. The largest absolute Gasteiger partial charge is 0.496 e. The summed E-state index contributed by atoms with van der Waals surface area (Å²) in [6.07, 6.45) is 3.70. The first kappa shape index (κ1) is 24.3. The summed E-state index contributed by atoms with van der Waals surface area (Å²) < 4.78 is 9.10. The molecule has 0 atom stereocenters. The summed E-state index contributed by atoms with van der Waals surface area (Å²) in [5.41, 5.74) is 6.32. The van der Waals surface area contributed by atoms with Crippen LogP contribution in [0.1, 0.15) is 42.1 Å². The summed E-state index contributed by atoms with van der Waals surface area (Å²) >= 11 is 0. The van der Waals surface area contributed by atoms with E-state index in [4.69, 9.17) is 14.8 Å². The van der Waals surface area contributed by atoms with Gasteiger partial charge in [-0.05, 0) is 85.0 Å². The van der Waals surface area contributed by atoms with Crippen molar-refractivity contribution >= 4 is 17.1 Å². The van der Waals surface area contributed by atoms with Gasteiger partial charge in [0.15, 0.2) is 5.82 Å². The summed E-state index contributed by atoms with van der Waals surface area (Å²) in [7, 11) is 1.68. The number of aryl methyl sites for hydroxylation is 2. The molecule has 0 bridgehead atoms. The lowest BCUT2D eigenvalue weighted by Crippen LogP contribution is -2.21. The Hall–Kier alpha value is -4.45. The molecule has 0 amide bonds. The fraction of sp³-hybridized carbons (Fsp3) is 0.194. The number of methoxy groups -OCH3 is 1. The predicted octanol–water partition coefficient (Wildman–Crippen LogP) is 6.49. The third-order valence-electron chi connectivity index (χ3n) is 6.56. The SMILES string of the molecule is COc1cc(C)c(-c2nc3ccccc3c(=O)n2N=Cc2cccn2-c2cccc(C)c2)cc1C(C)C. The van der Waals surface area contributed by atoms with E-state index in [1.165, 1.54) is 10.2 Å². The van der Waals surface area contributed by atoms with Gasteiger partial charge in [0.1, 0.15) is 5.75 Å². The number of hydrogen-bond acceptors (Lipinski definition) is 4. The molecule has 0 N–H and O–H groups in total. The van der Waals surface area contributed by atoms with E-state index in [2.05, 4.69) is 39.0 Å². The predicted molar refractivity (Wildman–Crippen MR) is 150 cm³/mol. The highest BCUT2D eigenvalue weighted by Gasteiger charge is 2.18. The van der Waals surface area contributed by atoms with Crippen LogP contribution in [0.2, 0.25) is 0 Å². The second-order valence-corrected chi connectivity index (χ2v) is 9.52. The highest BCUT2D eigenvalue weighted by molar-refractivity contribution is 5.82. The number of aromatic nitrogens is 3. The summed E-state index contributed by atoms with van der Waals surface area (Å²) in [4.78, 5) is 18.6. The Labute approximate surface area is 216 Å². The topological polar surface area (TPSA) is 61.4 Å². The molecule has 0 aliphatic rings. The molecule has 5 aromatic rings. The molecule has 0 fully saturated rings. The molecule has 186 valence electrons. The first-order chi connectivity index (χ1) is 17.9. The van der Waals surface area contributed by atoms with Crippen LogP contribution in [0.25, 0.3) is 28.0 Å². The summed E-state index contributed by atoms with van der Waals surface area (Å²) in [5, 5.41) is 5.23. The van der Waals surface area contributed by atoms with E-state index in [1.54, 1.807) is 19.4 Å². The van der Waals surface area contributed by atoms with E-state index in [-0.39, 0.29) is 11.5 Å². The molecule has 2 aromatic heterocycles. The Balaban J connectivity index is 1.72. The van der Waals surface area contributed by atoms with Gasteiger partial charge in [-0.3, -0.25) is 4.79 Å². The maximum absolute atomic E-state index is 13.7. The first-order valence-corrected chi connectivity index (χ1v) is 12.4. The van der Waals surface area contributed by atoms with Gasteiger partial charge < -0.3 is 9.30 Å². The van der Waals surface area contributed by atoms with Crippen LogP contribution in [0.4, 0.5) is 0 Å². The molecule has 6 nitrogen and oxygen atoms in total. The Bertz CT molecular complexity index is 1690.